The molecule has 0 fully saturated rings. The van der Waals surface area contributed by atoms with E-state index < -0.39 is 5.92 Å². The van der Waals surface area contributed by atoms with Crippen molar-refractivity contribution in [1.82, 2.24) is 9.78 Å². The lowest BCUT2D eigenvalue weighted by atomic mass is 9.78. The Morgan fingerprint density at radius 1 is 1.58 bits per heavy atom. The number of Topliss-reactive ketones (excluding diaryl/α,β-unsaturated/α-hetero) is 1. The Hall–Kier alpha value is -2.59. The zero-order valence-corrected chi connectivity index (χ0v) is 13.8. The number of hydrogen-bond acceptors (Lipinski definition) is 6. The largest absolute Gasteiger partial charge is 0.444 e. The second-order valence-corrected chi connectivity index (χ2v) is 5.85. The molecule has 2 atom stereocenters. The van der Waals surface area contributed by atoms with Gasteiger partial charge in [0.15, 0.2) is 5.78 Å². The highest BCUT2D eigenvalue weighted by Crippen LogP contribution is 2.43. The Balaban J connectivity index is 2.05. The maximum atomic E-state index is 12.5. The summed E-state index contributed by atoms with van der Waals surface area (Å²) < 4.78 is 12.7. The molecule has 0 aromatic carbocycles. The fourth-order valence-electron chi connectivity index (χ4n) is 3.21. The lowest BCUT2D eigenvalue weighted by Crippen LogP contribution is -2.27. The summed E-state index contributed by atoms with van der Waals surface area (Å²) in [6.45, 7) is 4.36. The minimum atomic E-state index is -0.519. The third kappa shape index (κ3) is 2.69. The number of ether oxygens (including phenoxy) is 2. The molecular weight excluding hydrogens is 308 g/mol. The van der Waals surface area contributed by atoms with Crippen LogP contribution < -0.4 is 5.73 Å². The molecule has 1 aromatic rings. The van der Waals surface area contributed by atoms with E-state index in [-0.39, 0.29) is 23.5 Å². The predicted octanol–water partition coefficient (Wildman–Crippen LogP) is 2.25. The molecule has 7 nitrogen and oxygen atoms in total. The summed E-state index contributed by atoms with van der Waals surface area (Å²) in [5.41, 5.74) is 7.46. The smallest absolute Gasteiger partial charge is 0.205 e. The molecule has 0 bridgehead atoms. The quantitative estimate of drug-likeness (QED) is 0.909. The molecule has 0 radical (unpaired) electrons. The van der Waals surface area contributed by atoms with Gasteiger partial charge >= 0.3 is 0 Å². The van der Waals surface area contributed by atoms with Crippen LogP contribution in [0.25, 0.3) is 0 Å². The Morgan fingerprint density at radius 3 is 3.08 bits per heavy atom. The topological polar surface area (TPSA) is 103 Å². The van der Waals surface area contributed by atoms with Gasteiger partial charge < -0.3 is 15.2 Å². The van der Waals surface area contributed by atoms with E-state index in [1.54, 1.807) is 17.1 Å². The molecule has 0 saturated heterocycles. The summed E-state index contributed by atoms with van der Waals surface area (Å²) in [7, 11) is 0. The average molecular weight is 328 g/mol. The molecule has 0 saturated carbocycles. The first kappa shape index (κ1) is 16.3. The first-order valence-corrected chi connectivity index (χ1v) is 8.06. The Morgan fingerprint density at radius 2 is 2.38 bits per heavy atom. The molecular formula is C17H20N4O3. The first-order valence-electron chi connectivity index (χ1n) is 8.06. The van der Waals surface area contributed by atoms with Gasteiger partial charge in [-0.2, -0.15) is 10.4 Å². The Kier molecular flexibility index (Phi) is 4.40. The second kappa shape index (κ2) is 6.49. The standard InChI is InChI=1S/C17H20N4O3/c1-3-23-10(2)21-9-11(8-20-21)15-12(7-18)17(19)24-14-6-4-5-13(22)16(14)15/h8-10,15H,3-6,19H2,1-2H3/t10-,15-/m1/s1. The van der Waals surface area contributed by atoms with Crippen LogP contribution >= 0.6 is 0 Å². The molecule has 126 valence electrons. The fourth-order valence-corrected chi connectivity index (χ4v) is 3.21. The third-order valence-corrected chi connectivity index (χ3v) is 4.34. The van der Waals surface area contributed by atoms with E-state index in [0.717, 1.165) is 12.0 Å². The van der Waals surface area contributed by atoms with Crippen molar-refractivity contribution < 1.29 is 14.3 Å². The van der Waals surface area contributed by atoms with Crippen molar-refractivity contribution in [3.05, 3.63) is 40.7 Å². The van der Waals surface area contributed by atoms with E-state index in [1.807, 2.05) is 13.8 Å². The third-order valence-electron chi connectivity index (χ3n) is 4.34. The molecule has 2 N–H and O–H groups in total. The van der Waals surface area contributed by atoms with E-state index >= 15 is 0 Å². The van der Waals surface area contributed by atoms with E-state index in [9.17, 15) is 10.1 Å². The SMILES string of the molecule is CCO[C@H](C)n1cc([C@@H]2C(C#N)=C(N)OC3=C2C(=O)CCC3)cn1. The van der Waals surface area contributed by atoms with E-state index in [1.165, 1.54) is 0 Å². The van der Waals surface area contributed by atoms with Crippen LogP contribution in [0.5, 0.6) is 0 Å². The Bertz CT molecular complexity index is 769. The molecule has 2 heterocycles. The van der Waals surface area contributed by atoms with Crippen LogP contribution in [0.2, 0.25) is 0 Å². The number of carbonyl (C=O) groups is 1. The van der Waals surface area contributed by atoms with Gasteiger partial charge in [0.2, 0.25) is 5.88 Å². The number of allylic oxidation sites excluding steroid dienone is 3. The molecule has 1 aliphatic carbocycles. The van der Waals surface area contributed by atoms with Crippen LogP contribution in [0.4, 0.5) is 0 Å². The summed E-state index contributed by atoms with van der Waals surface area (Å²) in [6, 6.07) is 2.09. The van der Waals surface area contributed by atoms with Gasteiger partial charge in [0.05, 0.1) is 12.1 Å². The van der Waals surface area contributed by atoms with Crippen LogP contribution in [-0.2, 0) is 14.3 Å². The summed E-state index contributed by atoms with van der Waals surface area (Å²) >= 11 is 0. The van der Waals surface area contributed by atoms with Gasteiger partial charge in [0.1, 0.15) is 23.6 Å². The van der Waals surface area contributed by atoms with Gasteiger partial charge in [-0.3, -0.25) is 4.79 Å². The van der Waals surface area contributed by atoms with Gasteiger partial charge in [-0.1, -0.05) is 0 Å². The van der Waals surface area contributed by atoms with Crippen LogP contribution in [-0.4, -0.2) is 22.2 Å². The summed E-state index contributed by atoms with van der Waals surface area (Å²) in [5.74, 6) is 0.140. The van der Waals surface area contributed by atoms with Crippen molar-refractivity contribution in [1.29, 1.82) is 5.26 Å². The minimum Gasteiger partial charge on any atom is -0.444 e. The lowest BCUT2D eigenvalue weighted by molar-refractivity contribution is -0.116. The van der Waals surface area contributed by atoms with Crippen LogP contribution in [0.3, 0.4) is 0 Å². The van der Waals surface area contributed by atoms with Crippen molar-refractivity contribution in [2.45, 2.75) is 45.3 Å². The molecule has 1 aliphatic heterocycles. The fraction of sp³-hybridized carbons (Fsp3) is 0.471. The number of rotatable bonds is 4. The zero-order valence-electron chi connectivity index (χ0n) is 13.8. The van der Waals surface area contributed by atoms with E-state index in [2.05, 4.69) is 11.2 Å². The predicted molar refractivity (Wildman–Crippen MR) is 85.1 cm³/mol. The number of nitrogens with two attached hydrogens (primary N) is 1. The molecule has 0 unspecified atom stereocenters. The van der Waals surface area contributed by atoms with Gasteiger partial charge in [-0.15, -0.1) is 0 Å². The highest BCUT2D eigenvalue weighted by molar-refractivity contribution is 5.99. The van der Waals surface area contributed by atoms with Crippen molar-refractivity contribution >= 4 is 5.78 Å². The number of hydrogen-bond donors (Lipinski definition) is 1. The molecule has 2 aliphatic rings. The molecule has 0 spiro atoms. The molecule has 3 rings (SSSR count). The number of nitrogens with zero attached hydrogens (tertiary/aromatic N) is 3. The Labute approximate surface area is 140 Å². The number of carbonyl (C=O) groups excluding carboxylic acids is 1. The lowest BCUT2D eigenvalue weighted by Gasteiger charge is -2.30. The van der Waals surface area contributed by atoms with Crippen LogP contribution in [0.1, 0.15) is 50.8 Å². The molecule has 0 amide bonds. The highest BCUT2D eigenvalue weighted by atomic mass is 16.5. The average Bonchev–Trinajstić information content (AvgIpc) is 3.04. The molecule has 1 aromatic heterocycles. The monoisotopic (exact) mass is 328 g/mol. The second-order valence-electron chi connectivity index (χ2n) is 5.85. The van der Waals surface area contributed by atoms with Gasteiger partial charge in [-0.25, -0.2) is 4.68 Å². The number of aromatic nitrogens is 2. The van der Waals surface area contributed by atoms with Crippen molar-refractivity contribution in [2.75, 3.05) is 6.61 Å². The highest BCUT2D eigenvalue weighted by Gasteiger charge is 2.38. The summed E-state index contributed by atoms with van der Waals surface area (Å²) in [5, 5.41) is 13.8. The van der Waals surface area contributed by atoms with Crippen molar-refractivity contribution in [3.8, 4) is 6.07 Å². The van der Waals surface area contributed by atoms with Crippen molar-refractivity contribution in [2.24, 2.45) is 5.73 Å². The van der Waals surface area contributed by atoms with E-state index in [4.69, 9.17) is 15.2 Å². The molecule has 7 heteroatoms. The first-order chi connectivity index (χ1) is 11.6. The van der Waals surface area contributed by atoms with E-state index in [0.29, 0.717) is 30.8 Å². The summed E-state index contributed by atoms with van der Waals surface area (Å²) in [4.78, 5) is 12.5. The number of ketones is 1. The molecule has 24 heavy (non-hydrogen) atoms. The summed E-state index contributed by atoms with van der Waals surface area (Å²) in [6.07, 6.45) is 5.07. The van der Waals surface area contributed by atoms with Gasteiger partial charge in [0.25, 0.3) is 0 Å². The van der Waals surface area contributed by atoms with Crippen LogP contribution in [0, 0.1) is 11.3 Å². The van der Waals surface area contributed by atoms with Gasteiger partial charge in [-0.05, 0) is 20.3 Å². The van der Waals surface area contributed by atoms with Gasteiger partial charge in [0, 0.05) is 36.8 Å². The minimum absolute atomic E-state index is 0.00658. The maximum Gasteiger partial charge on any atom is 0.205 e. The van der Waals surface area contributed by atoms with Crippen molar-refractivity contribution in [3.63, 3.8) is 0 Å². The normalized spacial score (nSPS) is 22.0. The van der Waals surface area contributed by atoms with Crippen LogP contribution in [0.15, 0.2) is 35.2 Å². The maximum absolute atomic E-state index is 12.5. The zero-order chi connectivity index (χ0) is 17.3. The number of nitriles is 1.